The first-order valence-corrected chi connectivity index (χ1v) is 9.08. The summed E-state index contributed by atoms with van der Waals surface area (Å²) in [5.74, 6) is 0.452. The molecule has 3 N–H and O–H groups in total. The zero-order valence-electron chi connectivity index (χ0n) is 16.5. The van der Waals surface area contributed by atoms with Crippen LogP contribution in [0.5, 0.6) is 17.2 Å². The van der Waals surface area contributed by atoms with E-state index in [1.807, 2.05) is 58.1 Å². The van der Waals surface area contributed by atoms with E-state index < -0.39 is 0 Å². The van der Waals surface area contributed by atoms with Gasteiger partial charge in [0.1, 0.15) is 17.2 Å². The molecule has 0 aromatic heterocycles. The van der Waals surface area contributed by atoms with Crippen LogP contribution >= 0.6 is 0 Å². The first-order chi connectivity index (χ1) is 12.8. The van der Waals surface area contributed by atoms with Crippen molar-refractivity contribution in [1.82, 2.24) is 0 Å². The van der Waals surface area contributed by atoms with Crippen molar-refractivity contribution in [3.8, 4) is 17.2 Å². The monoisotopic (exact) mass is 364 g/mol. The Bertz CT molecular complexity index is 871. The molecule has 0 aliphatic heterocycles. The van der Waals surface area contributed by atoms with Gasteiger partial charge < -0.3 is 15.3 Å². The third-order valence-corrected chi connectivity index (χ3v) is 4.24. The number of benzene rings is 2. The van der Waals surface area contributed by atoms with Crippen molar-refractivity contribution in [2.75, 3.05) is 0 Å². The van der Waals surface area contributed by atoms with Gasteiger partial charge >= 0.3 is 0 Å². The summed E-state index contributed by atoms with van der Waals surface area (Å²) in [6.45, 7) is 8.02. The maximum absolute atomic E-state index is 10.2. The molecule has 3 nitrogen and oxygen atoms in total. The lowest BCUT2D eigenvalue weighted by molar-refractivity contribution is 0.440. The largest absolute Gasteiger partial charge is 0.508 e. The summed E-state index contributed by atoms with van der Waals surface area (Å²) in [7, 11) is 0. The van der Waals surface area contributed by atoms with Gasteiger partial charge in [-0.1, -0.05) is 41.5 Å². The number of hydrogen-bond acceptors (Lipinski definition) is 3. The number of aromatic hydroxyl groups is 3. The first kappa shape index (κ1) is 20.4. The average Bonchev–Trinajstić information content (AvgIpc) is 2.58. The van der Waals surface area contributed by atoms with Crippen molar-refractivity contribution in [2.24, 2.45) is 0 Å². The molecule has 2 rings (SSSR count). The summed E-state index contributed by atoms with van der Waals surface area (Å²) >= 11 is 0. The standard InChI is InChI=1S/C24H28O3/c1-16(2)5-10-20-13-18(9-12-22(20)25)7-8-19-14-23(26)21(24(27)15-19)11-6-17(3)4/h5-9,12-15,25-27H,10-11H2,1-4H3. The molecule has 0 bridgehead atoms. The minimum Gasteiger partial charge on any atom is -0.508 e. The predicted molar refractivity (Wildman–Crippen MR) is 113 cm³/mol. The highest BCUT2D eigenvalue weighted by molar-refractivity contribution is 5.72. The topological polar surface area (TPSA) is 60.7 Å². The highest BCUT2D eigenvalue weighted by atomic mass is 16.3. The van der Waals surface area contributed by atoms with Crippen LogP contribution in [-0.4, -0.2) is 15.3 Å². The summed E-state index contributed by atoms with van der Waals surface area (Å²) in [6, 6.07) is 8.75. The molecule has 2 aromatic carbocycles. The molecule has 0 saturated heterocycles. The zero-order valence-corrected chi connectivity index (χ0v) is 16.5. The van der Waals surface area contributed by atoms with E-state index in [9.17, 15) is 15.3 Å². The van der Waals surface area contributed by atoms with Crippen molar-refractivity contribution in [3.05, 3.63) is 75.9 Å². The van der Waals surface area contributed by atoms with Crippen LogP contribution in [0.25, 0.3) is 12.2 Å². The fraction of sp³-hybridized carbons (Fsp3) is 0.250. The summed E-state index contributed by atoms with van der Waals surface area (Å²) in [5.41, 5.74) is 5.38. The number of phenolic OH excluding ortho intramolecular Hbond substituents is 3. The first-order valence-electron chi connectivity index (χ1n) is 9.08. The highest BCUT2D eigenvalue weighted by Gasteiger charge is 2.08. The molecule has 0 aliphatic carbocycles. The maximum atomic E-state index is 10.2. The number of rotatable bonds is 6. The van der Waals surface area contributed by atoms with Gasteiger partial charge in [0.15, 0.2) is 0 Å². The van der Waals surface area contributed by atoms with Crippen LogP contribution in [0.3, 0.4) is 0 Å². The van der Waals surface area contributed by atoms with Gasteiger partial charge in [-0.25, -0.2) is 0 Å². The van der Waals surface area contributed by atoms with E-state index in [0.717, 1.165) is 16.7 Å². The van der Waals surface area contributed by atoms with Crippen LogP contribution in [0.4, 0.5) is 0 Å². The molecule has 3 heteroatoms. The zero-order chi connectivity index (χ0) is 20.0. The van der Waals surface area contributed by atoms with Crippen molar-refractivity contribution in [3.63, 3.8) is 0 Å². The molecule has 0 radical (unpaired) electrons. The van der Waals surface area contributed by atoms with E-state index in [1.54, 1.807) is 18.2 Å². The van der Waals surface area contributed by atoms with Crippen LogP contribution in [0, 0.1) is 0 Å². The fourth-order valence-electron chi connectivity index (χ4n) is 2.65. The average molecular weight is 364 g/mol. The van der Waals surface area contributed by atoms with Gasteiger partial charge in [0.25, 0.3) is 0 Å². The van der Waals surface area contributed by atoms with E-state index in [-0.39, 0.29) is 17.2 Å². The van der Waals surface area contributed by atoms with Crippen molar-refractivity contribution >= 4 is 12.2 Å². The molecule has 27 heavy (non-hydrogen) atoms. The van der Waals surface area contributed by atoms with Crippen LogP contribution in [0.2, 0.25) is 0 Å². The molecule has 2 aromatic rings. The fourth-order valence-corrected chi connectivity index (χ4v) is 2.65. The van der Waals surface area contributed by atoms with Crippen LogP contribution in [0.1, 0.15) is 49.9 Å². The summed E-state index contributed by atoms with van der Waals surface area (Å²) in [4.78, 5) is 0. The number of phenols is 3. The molecule has 0 aliphatic rings. The second-order valence-corrected chi connectivity index (χ2v) is 7.23. The number of allylic oxidation sites excluding steroid dienone is 4. The molecule has 0 fully saturated rings. The smallest absolute Gasteiger partial charge is 0.123 e. The summed E-state index contributed by atoms with van der Waals surface area (Å²) in [6.07, 6.45) is 8.95. The predicted octanol–water partition coefficient (Wildman–Crippen LogP) is 5.99. The van der Waals surface area contributed by atoms with Gasteiger partial charge in [-0.2, -0.15) is 0 Å². The second-order valence-electron chi connectivity index (χ2n) is 7.23. The lowest BCUT2D eigenvalue weighted by Gasteiger charge is -2.07. The molecule has 0 unspecified atom stereocenters. The minimum atomic E-state index is 0.0853. The SMILES string of the molecule is CC(C)=CCc1cc(C=Cc2cc(O)c(CC=C(C)C)c(O)c2)ccc1O. The molecular formula is C24H28O3. The molecule has 0 heterocycles. The Morgan fingerprint density at radius 2 is 1.26 bits per heavy atom. The summed E-state index contributed by atoms with van der Waals surface area (Å²) < 4.78 is 0. The lowest BCUT2D eigenvalue weighted by Crippen LogP contribution is -1.87. The van der Waals surface area contributed by atoms with Crippen LogP contribution in [0.15, 0.2) is 53.6 Å². The Labute approximate surface area is 161 Å². The number of hydrogen-bond donors (Lipinski definition) is 3. The van der Waals surface area contributed by atoms with Gasteiger partial charge in [0.05, 0.1) is 0 Å². The van der Waals surface area contributed by atoms with E-state index in [1.165, 1.54) is 5.57 Å². The van der Waals surface area contributed by atoms with Gasteiger partial charge in [0, 0.05) is 5.56 Å². The molecule has 0 saturated carbocycles. The van der Waals surface area contributed by atoms with Crippen LogP contribution in [-0.2, 0) is 12.8 Å². The molecule has 0 spiro atoms. The maximum Gasteiger partial charge on any atom is 0.123 e. The van der Waals surface area contributed by atoms with E-state index >= 15 is 0 Å². The molecular weight excluding hydrogens is 336 g/mol. The van der Waals surface area contributed by atoms with E-state index in [0.29, 0.717) is 24.0 Å². The van der Waals surface area contributed by atoms with Crippen molar-refractivity contribution < 1.29 is 15.3 Å². The molecule has 0 amide bonds. The van der Waals surface area contributed by atoms with Crippen LogP contribution < -0.4 is 0 Å². The van der Waals surface area contributed by atoms with E-state index in [4.69, 9.17) is 0 Å². The molecule has 0 atom stereocenters. The van der Waals surface area contributed by atoms with Crippen molar-refractivity contribution in [2.45, 2.75) is 40.5 Å². The Morgan fingerprint density at radius 3 is 1.85 bits per heavy atom. The Kier molecular flexibility index (Phi) is 6.89. The van der Waals surface area contributed by atoms with Gasteiger partial charge in [-0.3, -0.25) is 0 Å². The highest BCUT2D eigenvalue weighted by Crippen LogP contribution is 2.31. The normalized spacial score (nSPS) is 10.8. The Balaban J connectivity index is 2.24. The lowest BCUT2D eigenvalue weighted by atomic mass is 10.0. The molecule has 142 valence electrons. The summed E-state index contributed by atoms with van der Waals surface area (Å²) in [5, 5.41) is 30.4. The van der Waals surface area contributed by atoms with Gasteiger partial charge in [0.2, 0.25) is 0 Å². The third-order valence-electron chi connectivity index (χ3n) is 4.24. The van der Waals surface area contributed by atoms with Gasteiger partial charge in [-0.05, 0) is 81.5 Å². The quantitative estimate of drug-likeness (QED) is 0.436. The third kappa shape index (κ3) is 6.07. The minimum absolute atomic E-state index is 0.0853. The van der Waals surface area contributed by atoms with Crippen molar-refractivity contribution in [1.29, 1.82) is 0 Å². The Morgan fingerprint density at radius 1 is 0.704 bits per heavy atom. The van der Waals surface area contributed by atoms with E-state index in [2.05, 4.69) is 6.08 Å². The van der Waals surface area contributed by atoms with Gasteiger partial charge in [-0.15, -0.1) is 0 Å². The Hall–Kier alpha value is -2.94. The second kappa shape index (κ2) is 9.13.